The first-order chi connectivity index (χ1) is 16.3. The fourth-order valence-corrected chi connectivity index (χ4v) is 3.42. The van der Waals surface area contributed by atoms with E-state index in [0.29, 0.717) is 41.1 Å². The molecule has 0 bridgehead atoms. The van der Waals surface area contributed by atoms with E-state index in [1.165, 1.54) is 13.8 Å². The van der Waals surface area contributed by atoms with Crippen LogP contribution in [0.4, 0.5) is 0 Å². The molecule has 2 N–H and O–H groups in total. The van der Waals surface area contributed by atoms with Gasteiger partial charge in [0.15, 0.2) is 17.3 Å². The summed E-state index contributed by atoms with van der Waals surface area (Å²) in [5, 5.41) is 13.3. The largest absolute Gasteiger partial charge is 0.479 e. The van der Waals surface area contributed by atoms with Crippen molar-refractivity contribution in [2.24, 2.45) is 0 Å². The summed E-state index contributed by atoms with van der Waals surface area (Å²) >= 11 is 6.00. The number of rotatable bonds is 10. The van der Waals surface area contributed by atoms with Gasteiger partial charge >= 0.3 is 5.97 Å². The van der Waals surface area contributed by atoms with Gasteiger partial charge in [-0.15, -0.1) is 0 Å². The zero-order valence-corrected chi connectivity index (χ0v) is 19.6. The third-order valence-corrected chi connectivity index (χ3v) is 5.38. The van der Waals surface area contributed by atoms with Crippen molar-refractivity contribution in [1.29, 1.82) is 0 Å². The Bertz CT molecular complexity index is 1240. The van der Waals surface area contributed by atoms with Crippen LogP contribution >= 0.6 is 11.6 Å². The number of fused-ring (bicyclic) bond motifs is 1. The fourth-order valence-electron chi connectivity index (χ4n) is 3.29. The average Bonchev–Trinajstić information content (AvgIpc) is 3.24. The highest BCUT2D eigenvalue weighted by atomic mass is 35.5. The van der Waals surface area contributed by atoms with Gasteiger partial charge in [-0.25, -0.2) is 9.78 Å². The summed E-state index contributed by atoms with van der Waals surface area (Å²) < 4.78 is 17.8. The Balaban J connectivity index is 1.47. The molecule has 0 aliphatic rings. The maximum atomic E-state index is 11.4. The minimum atomic E-state index is -1.32. The number of carbonyl (C=O) groups is 1. The summed E-state index contributed by atoms with van der Waals surface area (Å²) in [6.07, 6.45) is -0.487. The first kappa shape index (κ1) is 23.6. The van der Waals surface area contributed by atoms with Crippen LogP contribution in [0.1, 0.15) is 31.4 Å². The highest BCUT2D eigenvalue weighted by Crippen LogP contribution is 2.26. The number of halogens is 1. The van der Waals surface area contributed by atoms with E-state index >= 15 is 0 Å². The van der Waals surface area contributed by atoms with Crippen molar-refractivity contribution < 1.29 is 23.8 Å². The second-order valence-corrected chi connectivity index (χ2v) is 8.71. The highest BCUT2D eigenvalue weighted by molar-refractivity contribution is 6.30. The molecule has 4 rings (SSSR count). The van der Waals surface area contributed by atoms with E-state index in [0.717, 1.165) is 11.1 Å². The third-order valence-electron chi connectivity index (χ3n) is 5.12. The number of aliphatic carboxylic acids is 1. The van der Waals surface area contributed by atoms with Crippen molar-refractivity contribution in [2.75, 3.05) is 6.54 Å². The van der Waals surface area contributed by atoms with Crippen molar-refractivity contribution in [3.05, 3.63) is 89.3 Å². The van der Waals surface area contributed by atoms with Gasteiger partial charge in [-0.2, -0.15) is 0 Å². The predicted molar refractivity (Wildman–Crippen MR) is 129 cm³/mol. The molecule has 0 amide bonds. The van der Waals surface area contributed by atoms with Gasteiger partial charge in [-0.3, -0.25) is 0 Å². The number of ether oxygens (including phenoxy) is 2. The van der Waals surface area contributed by atoms with Crippen molar-refractivity contribution in [1.82, 2.24) is 10.3 Å². The number of para-hydroxylation sites is 2. The van der Waals surface area contributed by atoms with Crippen LogP contribution in [-0.4, -0.2) is 28.2 Å². The highest BCUT2D eigenvalue weighted by Gasteiger charge is 2.29. The summed E-state index contributed by atoms with van der Waals surface area (Å²) in [6, 6.07) is 22.0. The van der Waals surface area contributed by atoms with Gasteiger partial charge < -0.3 is 24.3 Å². The predicted octanol–water partition coefficient (Wildman–Crippen LogP) is 5.63. The van der Waals surface area contributed by atoms with Crippen LogP contribution in [0.3, 0.4) is 0 Å². The standard InChI is InChI=1S/C26H25ClN2O5/c1-26(2,25(30)31)34-20-7-5-6-17(14-20)15-28-16-23(32-19-12-10-18(27)11-13-19)24-29-21-8-3-4-9-22(21)33-24/h3-14,23,28H,15-16H2,1-2H3,(H,30,31). The van der Waals surface area contributed by atoms with Crippen molar-refractivity contribution >= 4 is 28.7 Å². The number of oxazole rings is 1. The molecule has 0 aliphatic heterocycles. The van der Waals surface area contributed by atoms with Crippen LogP contribution in [0.2, 0.25) is 5.02 Å². The molecule has 0 saturated heterocycles. The minimum absolute atomic E-state index is 0.418. The van der Waals surface area contributed by atoms with Gasteiger partial charge in [0.2, 0.25) is 5.89 Å². The van der Waals surface area contributed by atoms with E-state index in [1.54, 1.807) is 30.3 Å². The molecule has 1 atom stereocenters. The molecule has 0 spiro atoms. The zero-order chi connectivity index (χ0) is 24.1. The first-order valence-corrected chi connectivity index (χ1v) is 11.2. The van der Waals surface area contributed by atoms with E-state index in [2.05, 4.69) is 10.3 Å². The maximum Gasteiger partial charge on any atom is 0.347 e. The number of carboxylic acids is 1. The number of hydrogen-bond acceptors (Lipinski definition) is 6. The second kappa shape index (κ2) is 10.2. The molecule has 34 heavy (non-hydrogen) atoms. The van der Waals surface area contributed by atoms with Crippen molar-refractivity contribution in [3.63, 3.8) is 0 Å². The normalized spacial score (nSPS) is 12.4. The van der Waals surface area contributed by atoms with Crippen molar-refractivity contribution in [2.45, 2.75) is 32.1 Å². The Hall–Kier alpha value is -3.55. The van der Waals surface area contributed by atoms with Crippen LogP contribution < -0.4 is 14.8 Å². The zero-order valence-electron chi connectivity index (χ0n) is 18.8. The molecular weight excluding hydrogens is 456 g/mol. The Labute approximate surface area is 202 Å². The molecule has 0 fully saturated rings. The molecule has 1 heterocycles. The second-order valence-electron chi connectivity index (χ2n) is 8.28. The number of nitrogens with one attached hydrogen (secondary N) is 1. The lowest BCUT2D eigenvalue weighted by Crippen LogP contribution is -2.37. The number of hydrogen-bond donors (Lipinski definition) is 2. The molecular formula is C26H25ClN2O5. The molecule has 4 aromatic rings. The topological polar surface area (TPSA) is 93.8 Å². The van der Waals surface area contributed by atoms with Crippen LogP contribution in [0.25, 0.3) is 11.1 Å². The molecule has 0 aliphatic carbocycles. The smallest absolute Gasteiger partial charge is 0.347 e. The molecule has 1 aromatic heterocycles. The molecule has 176 valence electrons. The Morgan fingerprint density at radius 1 is 1.09 bits per heavy atom. The monoisotopic (exact) mass is 480 g/mol. The Morgan fingerprint density at radius 3 is 2.59 bits per heavy atom. The van der Waals surface area contributed by atoms with E-state index in [-0.39, 0.29) is 0 Å². The van der Waals surface area contributed by atoms with Gasteiger partial charge in [0.05, 0.1) is 0 Å². The van der Waals surface area contributed by atoms with Gasteiger partial charge in [0, 0.05) is 18.1 Å². The van der Waals surface area contributed by atoms with Crippen molar-refractivity contribution in [3.8, 4) is 11.5 Å². The summed E-state index contributed by atoms with van der Waals surface area (Å²) in [6.45, 7) is 3.95. The lowest BCUT2D eigenvalue weighted by Gasteiger charge is -2.22. The van der Waals surface area contributed by atoms with Gasteiger partial charge in [-0.05, 0) is 67.9 Å². The van der Waals surface area contributed by atoms with Gasteiger partial charge in [0.25, 0.3) is 0 Å². The van der Waals surface area contributed by atoms with Gasteiger partial charge in [0.1, 0.15) is 17.0 Å². The Morgan fingerprint density at radius 2 is 1.85 bits per heavy atom. The number of carboxylic acid groups (broad SMARTS) is 1. The summed E-state index contributed by atoms with van der Waals surface area (Å²) in [4.78, 5) is 15.9. The molecule has 0 radical (unpaired) electrons. The SMILES string of the molecule is CC(C)(Oc1cccc(CNCC(Oc2ccc(Cl)cc2)c2nc3ccccc3o2)c1)C(=O)O. The number of benzene rings is 3. The maximum absolute atomic E-state index is 11.4. The number of nitrogens with zero attached hydrogens (tertiary/aromatic N) is 1. The summed E-state index contributed by atoms with van der Waals surface area (Å²) in [5.74, 6) is 0.560. The lowest BCUT2D eigenvalue weighted by atomic mass is 10.1. The minimum Gasteiger partial charge on any atom is -0.479 e. The molecule has 1 unspecified atom stereocenters. The molecule has 7 nitrogen and oxygen atoms in total. The lowest BCUT2D eigenvalue weighted by molar-refractivity contribution is -0.152. The van der Waals surface area contributed by atoms with E-state index in [1.807, 2.05) is 42.5 Å². The first-order valence-electron chi connectivity index (χ1n) is 10.8. The van der Waals surface area contributed by atoms with E-state index in [4.69, 9.17) is 25.5 Å². The summed E-state index contributed by atoms with van der Waals surface area (Å²) in [5.41, 5.74) is 1.05. The van der Waals surface area contributed by atoms with E-state index < -0.39 is 17.7 Å². The molecule has 0 saturated carbocycles. The average molecular weight is 481 g/mol. The quantitative estimate of drug-likeness (QED) is 0.303. The van der Waals surface area contributed by atoms with E-state index in [9.17, 15) is 9.90 Å². The van der Waals surface area contributed by atoms with Gasteiger partial charge in [-0.1, -0.05) is 35.9 Å². The third kappa shape index (κ3) is 5.87. The van der Waals surface area contributed by atoms with Crippen LogP contribution in [0.5, 0.6) is 11.5 Å². The van der Waals surface area contributed by atoms with Crippen LogP contribution in [0.15, 0.2) is 77.2 Å². The Kier molecular flexibility index (Phi) is 7.05. The number of aromatic nitrogens is 1. The molecule has 8 heteroatoms. The molecule has 3 aromatic carbocycles. The van der Waals surface area contributed by atoms with Crippen LogP contribution in [0, 0.1) is 0 Å². The van der Waals surface area contributed by atoms with Crippen LogP contribution in [-0.2, 0) is 11.3 Å². The fraction of sp³-hybridized carbons (Fsp3) is 0.231. The summed E-state index contributed by atoms with van der Waals surface area (Å²) in [7, 11) is 0.